The van der Waals surface area contributed by atoms with Gasteiger partial charge in [-0.25, -0.2) is 0 Å². The summed E-state index contributed by atoms with van der Waals surface area (Å²) < 4.78 is 5.60. The van der Waals surface area contributed by atoms with Crippen LogP contribution in [0.3, 0.4) is 0 Å². The highest BCUT2D eigenvalue weighted by molar-refractivity contribution is 5.20. The number of nitrogens with zero attached hydrogens (tertiary/aromatic N) is 1. The van der Waals surface area contributed by atoms with E-state index in [0.717, 1.165) is 19.1 Å². The van der Waals surface area contributed by atoms with Crippen LogP contribution in [-0.4, -0.2) is 37.2 Å². The third-order valence-electron chi connectivity index (χ3n) is 3.40. The molecule has 2 nitrogen and oxygen atoms in total. The number of likely N-dealkylation sites (tertiary alicyclic amines) is 1. The van der Waals surface area contributed by atoms with Crippen LogP contribution >= 0.6 is 0 Å². The second kappa shape index (κ2) is 6.18. The molecule has 17 heavy (non-hydrogen) atoms. The first-order chi connectivity index (χ1) is 8.25. The molecule has 1 heterocycles. The summed E-state index contributed by atoms with van der Waals surface area (Å²) in [6.07, 6.45) is 1.63. The lowest BCUT2D eigenvalue weighted by atomic mass is 9.99. The Morgan fingerprint density at radius 2 is 2.06 bits per heavy atom. The molecule has 0 amide bonds. The van der Waals surface area contributed by atoms with Gasteiger partial charge in [-0.3, -0.25) is 0 Å². The van der Waals surface area contributed by atoms with Gasteiger partial charge in [-0.2, -0.15) is 0 Å². The maximum Gasteiger partial charge on any atom is 0.0596 e. The lowest BCUT2D eigenvalue weighted by molar-refractivity contribution is 0.0633. The van der Waals surface area contributed by atoms with Crippen molar-refractivity contribution in [1.29, 1.82) is 0 Å². The SMILES string of the molecule is CC(C)OCCN1CC[C@@H](c2ccccc2)C1. The molecule has 1 aromatic rings. The molecule has 0 radical (unpaired) electrons. The third kappa shape index (κ3) is 3.83. The van der Waals surface area contributed by atoms with Gasteiger partial charge in [0.2, 0.25) is 0 Å². The van der Waals surface area contributed by atoms with E-state index in [9.17, 15) is 0 Å². The molecule has 0 N–H and O–H groups in total. The Hall–Kier alpha value is -0.860. The fourth-order valence-electron chi connectivity index (χ4n) is 2.45. The summed E-state index contributed by atoms with van der Waals surface area (Å²) in [6.45, 7) is 8.51. The van der Waals surface area contributed by atoms with E-state index >= 15 is 0 Å². The summed E-state index contributed by atoms with van der Waals surface area (Å²) in [4.78, 5) is 2.51. The summed E-state index contributed by atoms with van der Waals surface area (Å²) in [5.74, 6) is 0.718. The molecular weight excluding hydrogens is 210 g/mol. The Bertz CT molecular complexity index is 323. The maximum absolute atomic E-state index is 5.60. The van der Waals surface area contributed by atoms with Gasteiger partial charge in [0.1, 0.15) is 0 Å². The summed E-state index contributed by atoms with van der Waals surface area (Å²) in [6, 6.07) is 10.9. The van der Waals surface area contributed by atoms with Crippen molar-refractivity contribution in [2.75, 3.05) is 26.2 Å². The zero-order valence-corrected chi connectivity index (χ0v) is 10.9. The van der Waals surface area contributed by atoms with E-state index < -0.39 is 0 Å². The minimum absolute atomic E-state index is 0.350. The maximum atomic E-state index is 5.60. The molecule has 1 aliphatic heterocycles. The van der Waals surface area contributed by atoms with Crippen molar-refractivity contribution in [1.82, 2.24) is 4.90 Å². The van der Waals surface area contributed by atoms with Crippen LogP contribution in [-0.2, 0) is 4.74 Å². The van der Waals surface area contributed by atoms with Gasteiger partial charge in [-0.15, -0.1) is 0 Å². The fraction of sp³-hybridized carbons (Fsp3) is 0.600. The third-order valence-corrected chi connectivity index (χ3v) is 3.40. The van der Waals surface area contributed by atoms with Crippen molar-refractivity contribution < 1.29 is 4.74 Å². The molecule has 1 atom stereocenters. The second-order valence-electron chi connectivity index (χ2n) is 5.12. The van der Waals surface area contributed by atoms with Crippen molar-refractivity contribution >= 4 is 0 Å². The second-order valence-corrected chi connectivity index (χ2v) is 5.12. The van der Waals surface area contributed by atoms with E-state index in [0.29, 0.717) is 6.10 Å². The normalized spacial score (nSPS) is 21.2. The largest absolute Gasteiger partial charge is 0.377 e. The minimum atomic E-state index is 0.350. The fourth-order valence-corrected chi connectivity index (χ4v) is 2.45. The van der Waals surface area contributed by atoms with E-state index in [1.807, 2.05) is 0 Å². The first-order valence-electron chi connectivity index (χ1n) is 6.64. The Morgan fingerprint density at radius 3 is 2.76 bits per heavy atom. The molecule has 1 aromatic carbocycles. The molecule has 94 valence electrons. The van der Waals surface area contributed by atoms with Crippen LogP contribution in [0.4, 0.5) is 0 Å². The van der Waals surface area contributed by atoms with Gasteiger partial charge in [0.05, 0.1) is 12.7 Å². The highest BCUT2D eigenvalue weighted by atomic mass is 16.5. The molecule has 0 aliphatic carbocycles. The van der Waals surface area contributed by atoms with E-state index in [4.69, 9.17) is 4.74 Å². The molecule has 2 rings (SSSR count). The number of hydrogen-bond donors (Lipinski definition) is 0. The molecule has 1 aliphatic rings. The summed E-state index contributed by atoms with van der Waals surface area (Å²) in [5.41, 5.74) is 1.49. The quantitative estimate of drug-likeness (QED) is 0.775. The monoisotopic (exact) mass is 233 g/mol. The highest BCUT2D eigenvalue weighted by Crippen LogP contribution is 2.26. The molecular formula is C15H23NO. The average Bonchev–Trinajstić information content (AvgIpc) is 2.78. The Balaban J connectivity index is 1.76. The first kappa shape index (κ1) is 12.6. The molecule has 0 saturated carbocycles. The molecule has 0 aromatic heterocycles. The highest BCUT2D eigenvalue weighted by Gasteiger charge is 2.23. The van der Waals surface area contributed by atoms with Crippen LogP contribution in [0.25, 0.3) is 0 Å². The molecule has 1 fully saturated rings. The van der Waals surface area contributed by atoms with Gasteiger partial charge < -0.3 is 9.64 Å². The summed E-state index contributed by atoms with van der Waals surface area (Å²) in [5, 5.41) is 0. The van der Waals surface area contributed by atoms with Gasteiger partial charge >= 0.3 is 0 Å². The van der Waals surface area contributed by atoms with Crippen LogP contribution in [0, 0.1) is 0 Å². The van der Waals surface area contributed by atoms with Crippen LogP contribution in [0.1, 0.15) is 31.7 Å². The van der Waals surface area contributed by atoms with Crippen LogP contribution in [0.15, 0.2) is 30.3 Å². The van der Waals surface area contributed by atoms with Crippen molar-refractivity contribution in [3.8, 4) is 0 Å². The van der Waals surface area contributed by atoms with E-state index in [2.05, 4.69) is 49.1 Å². The molecule has 1 saturated heterocycles. The lowest BCUT2D eigenvalue weighted by Gasteiger charge is -2.17. The number of benzene rings is 1. The van der Waals surface area contributed by atoms with Gasteiger partial charge in [0.25, 0.3) is 0 Å². The topological polar surface area (TPSA) is 12.5 Å². The molecule has 2 heteroatoms. The van der Waals surface area contributed by atoms with Crippen LogP contribution < -0.4 is 0 Å². The Kier molecular flexibility index (Phi) is 4.57. The number of ether oxygens (including phenoxy) is 1. The van der Waals surface area contributed by atoms with Crippen molar-refractivity contribution in [3.05, 3.63) is 35.9 Å². The van der Waals surface area contributed by atoms with Crippen LogP contribution in [0.5, 0.6) is 0 Å². The minimum Gasteiger partial charge on any atom is -0.377 e. The zero-order valence-electron chi connectivity index (χ0n) is 10.9. The van der Waals surface area contributed by atoms with Crippen molar-refractivity contribution in [2.45, 2.75) is 32.3 Å². The van der Waals surface area contributed by atoms with Crippen molar-refractivity contribution in [3.63, 3.8) is 0 Å². The lowest BCUT2D eigenvalue weighted by Crippen LogP contribution is -2.26. The average molecular weight is 233 g/mol. The van der Waals surface area contributed by atoms with Gasteiger partial charge in [0.15, 0.2) is 0 Å². The predicted octanol–water partition coefficient (Wildman–Crippen LogP) is 2.90. The van der Waals surface area contributed by atoms with Crippen LogP contribution in [0.2, 0.25) is 0 Å². The zero-order chi connectivity index (χ0) is 12.1. The molecule has 0 spiro atoms. The smallest absolute Gasteiger partial charge is 0.0596 e. The molecule has 0 bridgehead atoms. The Labute approximate surface area is 105 Å². The molecule has 0 unspecified atom stereocenters. The van der Waals surface area contributed by atoms with Gasteiger partial charge in [-0.05, 0) is 38.3 Å². The Morgan fingerprint density at radius 1 is 1.29 bits per heavy atom. The standard InChI is InChI=1S/C15H23NO/c1-13(2)17-11-10-16-9-8-15(12-16)14-6-4-3-5-7-14/h3-7,13,15H,8-12H2,1-2H3/t15-/m1/s1. The van der Waals surface area contributed by atoms with E-state index in [1.165, 1.54) is 25.1 Å². The van der Waals surface area contributed by atoms with Crippen molar-refractivity contribution in [2.24, 2.45) is 0 Å². The van der Waals surface area contributed by atoms with E-state index in [1.54, 1.807) is 0 Å². The van der Waals surface area contributed by atoms with Gasteiger partial charge in [0, 0.05) is 13.1 Å². The number of hydrogen-bond acceptors (Lipinski definition) is 2. The first-order valence-corrected chi connectivity index (χ1v) is 6.64. The summed E-state index contributed by atoms with van der Waals surface area (Å²) >= 11 is 0. The van der Waals surface area contributed by atoms with Gasteiger partial charge in [-0.1, -0.05) is 30.3 Å². The number of rotatable bonds is 5. The summed E-state index contributed by atoms with van der Waals surface area (Å²) in [7, 11) is 0. The van der Waals surface area contributed by atoms with E-state index in [-0.39, 0.29) is 0 Å². The predicted molar refractivity (Wildman–Crippen MR) is 71.3 cm³/mol.